The smallest absolute Gasteiger partial charge is 0.314 e. The molecule has 0 bridgehead atoms. The molecule has 0 unspecified atom stereocenters. The van der Waals surface area contributed by atoms with Crippen LogP contribution in [0.4, 0.5) is 5.82 Å². The number of carbonyl (C=O) groups is 2. The summed E-state index contributed by atoms with van der Waals surface area (Å²) in [6, 6.07) is 7.78. The van der Waals surface area contributed by atoms with E-state index in [1.165, 1.54) is 0 Å². The van der Waals surface area contributed by atoms with E-state index in [2.05, 4.69) is 15.7 Å². The number of aryl methyl sites for hydroxylation is 1. The number of amides is 2. The molecule has 8 heteroatoms. The average Bonchev–Trinajstić information content (AvgIpc) is 3.16. The van der Waals surface area contributed by atoms with Crippen LogP contribution in [0.25, 0.3) is 5.69 Å². The van der Waals surface area contributed by atoms with Gasteiger partial charge in [-0.15, -0.1) is 0 Å². The van der Waals surface area contributed by atoms with Crippen LogP contribution in [0.2, 0.25) is 0 Å². The van der Waals surface area contributed by atoms with Crippen molar-refractivity contribution < 1.29 is 14.7 Å². The number of hydrogen-bond acceptors (Lipinski definition) is 5. The molecule has 0 spiro atoms. The summed E-state index contributed by atoms with van der Waals surface area (Å²) in [6.07, 6.45) is 0. The van der Waals surface area contributed by atoms with E-state index in [9.17, 15) is 9.59 Å². The summed E-state index contributed by atoms with van der Waals surface area (Å²) in [6.45, 7) is 1.82. The van der Waals surface area contributed by atoms with Crippen LogP contribution in [-0.4, -0.2) is 39.9 Å². The zero-order chi connectivity index (χ0) is 17.1. The first-order valence-electron chi connectivity index (χ1n) is 7.55. The topological polar surface area (TPSA) is 96.2 Å². The van der Waals surface area contributed by atoms with Gasteiger partial charge in [-0.3, -0.25) is 9.59 Å². The number of aliphatic hydroxyl groups excluding tert-OH is 1. The molecule has 2 amide bonds. The zero-order valence-electron chi connectivity index (χ0n) is 13.2. The largest absolute Gasteiger partial charge is 0.395 e. The van der Waals surface area contributed by atoms with Crippen LogP contribution >= 0.6 is 11.8 Å². The van der Waals surface area contributed by atoms with Crippen molar-refractivity contribution in [2.75, 3.05) is 18.5 Å². The number of rotatable bonds is 4. The van der Waals surface area contributed by atoms with E-state index in [1.54, 1.807) is 16.4 Å². The van der Waals surface area contributed by atoms with Gasteiger partial charge < -0.3 is 15.7 Å². The average molecular weight is 346 g/mol. The van der Waals surface area contributed by atoms with E-state index in [1.807, 2.05) is 31.2 Å². The summed E-state index contributed by atoms with van der Waals surface area (Å²) in [5, 5.41) is 18.3. The molecule has 0 aliphatic carbocycles. The second-order valence-electron chi connectivity index (χ2n) is 5.45. The Hall–Kier alpha value is -2.32. The molecule has 24 heavy (non-hydrogen) atoms. The fourth-order valence-electron chi connectivity index (χ4n) is 2.43. The van der Waals surface area contributed by atoms with Crippen molar-refractivity contribution in [2.24, 2.45) is 0 Å². The summed E-state index contributed by atoms with van der Waals surface area (Å²) in [7, 11) is 0. The molecule has 0 fully saturated rings. The summed E-state index contributed by atoms with van der Waals surface area (Å²) in [4.78, 5) is 23.9. The number of carbonyl (C=O) groups excluding carboxylic acids is 2. The summed E-state index contributed by atoms with van der Waals surface area (Å²) < 4.78 is 1.67. The van der Waals surface area contributed by atoms with E-state index in [4.69, 9.17) is 5.11 Å². The summed E-state index contributed by atoms with van der Waals surface area (Å²) in [5.74, 6) is 0.516. The first kappa shape index (κ1) is 16.5. The third kappa shape index (κ3) is 3.29. The number of aromatic nitrogens is 2. The van der Waals surface area contributed by atoms with Gasteiger partial charge in [0.05, 0.1) is 18.0 Å². The lowest BCUT2D eigenvalue weighted by atomic mass is 10.2. The van der Waals surface area contributed by atoms with Crippen molar-refractivity contribution >= 4 is 29.4 Å². The van der Waals surface area contributed by atoms with E-state index in [0.717, 1.165) is 34.0 Å². The van der Waals surface area contributed by atoms with E-state index in [-0.39, 0.29) is 13.2 Å². The molecule has 1 aliphatic heterocycles. The van der Waals surface area contributed by atoms with Gasteiger partial charge in [0, 0.05) is 23.6 Å². The van der Waals surface area contributed by atoms with Gasteiger partial charge >= 0.3 is 11.8 Å². The maximum Gasteiger partial charge on any atom is 0.314 e. The van der Waals surface area contributed by atoms with Crippen molar-refractivity contribution in [1.29, 1.82) is 0 Å². The van der Waals surface area contributed by atoms with Gasteiger partial charge in [-0.05, 0) is 19.1 Å². The molecule has 1 aliphatic rings. The zero-order valence-corrected chi connectivity index (χ0v) is 14.0. The number of anilines is 1. The lowest BCUT2D eigenvalue weighted by Gasteiger charge is -2.11. The molecular formula is C16H18N4O3S. The van der Waals surface area contributed by atoms with Crippen molar-refractivity contribution in [3.8, 4) is 5.69 Å². The van der Waals surface area contributed by atoms with Crippen LogP contribution < -0.4 is 10.6 Å². The Morgan fingerprint density at radius 2 is 2.00 bits per heavy atom. The summed E-state index contributed by atoms with van der Waals surface area (Å²) in [5.41, 5.74) is 3.82. The predicted octanol–water partition coefficient (Wildman–Crippen LogP) is 0.975. The highest BCUT2D eigenvalue weighted by Gasteiger charge is 2.26. The number of thioether (sulfide) groups is 1. The first-order chi connectivity index (χ1) is 11.6. The predicted molar refractivity (Wildman–Crippen MR) is 92.0 cm³/mol. The SMILES string of the molecule is Cc1ccc(-n2nc3c(c2NC(=O)C(=O)NCCO)CSC3)cc1. The van der Waals surface area contributed by atoms with Gasteiger partial charge in [0.2, 0.25) is 0 Å². The standard InChI is InChI=1S/C16H18N4O3S/c1-10-2-4-11(5-3-10)20-14(12-8-24-9-13(12)19-20)18-16(23)15(22)17-6-7-21/h2-5,21H,6-9H2,1H3,(H,17,22)(H,18,23). The van der Waals surface area contributed by atoms with Crippen molar-refractivity contribution in [1.82, 2.24) is 15.1 Å². The molecule has 1 aromatic carbocycles. The molecule has 3 N–H and O–H groups in total. The molecule has 2 aromatic rings. The fourth-order valence-corrected chi connectivity index (χ4v) is 3.46. The number of benzene rings is 1. The maximum atomic E-state index is 12.1. The van der Waals surface area contributed by atoms with Crippen molar-refractivity contribution in [2.45, 2.75) is 18.4 Å². The van der Waals surface area contributed by atoms with Crippen LogP contribution in [0.1, 0.15) is 16.8 Å². The Labute approximate surface area is 143 Å². The normalized spacial score (nSPS) is 12.8. The molecule has 0 saturated heterocycles. The number of nitrogens with one attached hydrogen (secondary N) is 2. The van der Waals surface area contributed by atoms with Crippen LogP contribution in [0, 0.1) is 6.92 Å². The molecule has 0 saturated carbocycles. The highest BCUT2D eigenvalue weighted by molar-refractivity contribution is 7.98. The number of fused-ring (bicyclic) bond motifs is 1. The van der Waals surface area contributed by atoms with Crippen LogP contribution in [0.15, 0.2) is 24.3 Å². The van der Waals surface area contributed by atoms with Crippen molar-refractivity contribution in [3.63, 3.8) is 0 Å². The van der Waals surface area contributed by atoms with Gasteiger partial charge in [-0.2, -0.15) is 16.9 Å². The Morgan fingerprint density at radius 1 is 1.25 bits per heavy atom. The molecule has 0 atom stereocenters. The number of nitrogens with zero attached hydrogens (tertiary/aromatic N) is 2. The Kier molecular flexibility index (Phi) is 4.86. The molecule has 126 valence electrons. The van der Waals surface area contributed by atoms with Crippen LogP contribution in [-0.2, 0) is 21.1 Å². The Balaban J connectivity index is 1.90. The minimum Gasteiger partial charge on any atom is -0.395 e. The quantitative estimate of drug-likeness (QED) is 0.717. The second kappa shape index (κ2) is 7.06. The molecule has 3 rings (SSSR count). The van der Waals surface area contributed by atoms with Crippen LogP contribution in [0.5, 0.6) is 0 Å². The van der Waals surface area contributed by atoms with Crippen LogP contribution in [0.3, 0.4) is 0 Å². The molecule has 2 heterocycles. The Bertz CT molecular complexity index is 770. The third-order valence-corrected chi connectivity index (χ3v) is 4.64. The lowest BCUT2D eigenvalue weighted by Crippen LogP contribution is -2.37. The molecule has 7 nitrogen and oxygen atoms in total. The minimum absolute atomic E-state index is 0.0391. The molecule has 1 aromatic heterocycles. The van der Waals surface area contributed by atoms with Crippen molar-refractivity contribution in [3.05, 3.63) is 41.1 Å². The van der Waals surface area contributed by atoms with Gasteiger partial charge in [0.25, 0.3) is 0 Å². The van der Waals surface area contributed by atoms with E-state index < -0.39 is 11.8 Å². The second-order valence-corrected chi connectivity index (χ2v) is 6.43. The highest BCUT2D eigenvalue weighted by Crippen LogP contribution is 2.36. The fraction of sp³-hybridized carbons (Fsp3) is 0.312. The molecular weight excluding hydrogens is 328 g/mol. The monoisotopic (exact) mass is 346 g/mol. The maximum absolute atomic E-state index is 12.1. The van der Waals surface area contributed by atoms with Gasteiger partial charge in [-0.1, -0.05) is 17.7 Å². The number of aliphatic hydroxyl groups is 1. The van der Waals surface area contributed by atoms with E-state index in [0.29, 0.717) is 5.82 Å². The number of hydrogen-bond donors (Lipinski definition) is 3. The molecule has 0 radical (unpaired) electrons. The first-order valence-corrected chi connectivity index (χ1v) is 8.71. The third-order valence-electron chi connectivity index (χ3n) is 3.67. The summed E-state index contributed by atoms with van der Waals surface area (Å²) >= 11 is 1.72. The van der Waals surface area contributed by atoms with Gasteiger partial charge in [0.15, 0.2) is 0 Å². The highest BCUT2D eigenvalue weighted by atomic mass is 32.2. The lowest BCUT2D eigenvalue weighted by molar-refractivity contribution is -0.136. The van der Waals surface area contributed by atoms with Gasteiger partial charge in [0.1, 0.15) is 5.82 Å². The Morgan fingerprint density at radius 3 is 2.71 bits per heavy atom. The van der Waals surface area contributed by atoms with E-state index >= 15 is 0 Å². The minimum atomic E-state index is -0.778. The van der Waals surface area contributed by atoms with Gasteiger partial charge in [-0.25, -0.2) is 4.68 Å².